The van der Waals surface area contributed by atoms with Crippen molar-refractivity contribution in [3.63, 3.8) is 0 Å². The lowest BCUT2D eigenvalue weighted by Gasteiger charge is -2.11. The van der Waals surface area contributed by atoms with Crippen LogP contribution in [0.1, 0.15) is 26.3 Å². The second-order valence-corrected chi connectivity index (χ2v) is 5.04. The fourth-order valence-electron chi connectivity index (χ4n) is 1.96. The van der Waals surface area contributed by atoms with Crippen LogP contribution in [-0.2, 0) is 16.1 Å². The van der Waals surface area contributed by atoms with Gasteiger partial charge in [0.2, 0.25) is 0 Å². The van der Waals surface area contributed by atoms with E-state index in [9.17, 15) is 9.59 Å². The van der Waals surface area contributed by atoms with Crippen LogP contribution in [0.3, 0.4) is 0 Å². The third-order valence-corrected chi connectivity index (χ3v) is 3.36. The first-order valence-corrected chi connectivity index (χ1v) is 7.11. The zero-order valence-electron chi connectivity index (χ0n) is 12.7. The summed E-state index contributed by atoms with van der Waals surface area (Å²) in [6.07, 6.45) is 0. The first-order chi connectivity index (χ1) is 11.0. The number of hydrogen-bond donors (Lipinski definition) is 0. The normalized spacial score (nSPS) is 10.0. The topological polar surface area (TPSA) is 61.8 Å². The number of rotatable bonds is 5. The molecule has 2 rings (SSSR count). The van der Waals surface area contributed by atoms with Gasteiger partial charge in [0.05, 0.1) is 25.3 Å². The number of esters is 2. The number of carbonyl (C=O) groups excluding carboxylic acids is 2. The molecule has 0 radical (unpaired) electrons. The van der Waals surface area contributed by atoms with Gasteiger partial charge in [-0.25, -0.2) is 9.59 Å². The van der Waals surface area contributed by atoms with Gasteiger partial charge in [0.1, 0.15) is 12.4 Å². The van der Waals surface area contributed by atoms with Gasteiger partial charge in [-0.2, -0.15) is 0 Å². The number of carbonyl (C=O) groups is 2. The van der Waals surface area contributed by atoms with Crippen LogP contribution in [0.5, 0.6) is 5.75 Å². The summed E-state index contributed by atoms with van der Waals surface area (Å²) in [5.41, 5.74) is 1.10. The van der Waals surface area contributed by atoms with E-state index in [1.807, 2.05) is 0 Å². The zero-order chi connectivity index (χ0) is 16.8. The highest BCUT2D eigenvalue weighted by molar-refractivity contribution is 6.30. The Hall–Kier alpha value is -2.53. The predicted octanol–water partition coefficient (Wildman–Crippen LogP) is 3.49. The van der Waals surface area contributed by atoms with Gasteiger partial charge in [-0.3, -0.25) is 0 Å². The Morgan fingerprint density at radius 2 is 1.74 bits per heavy atom. The summed E-state index contributed by atoms with van der Waals surface area (Å²) in [6.45, 7) is 0.131. The molecule has 0 aliphatic rings. The Balaban J connectivity index is 2.26. The Kier molecular flexibility index (Phi) is 5.60. The lowest BCUT2D eigenvalue weighted by atomic mass is 10.0. The molecule has 0 heterocycles. The van der Waals surface area contributed by atoms with Crippen LogP contribution >= 0.6 is 11.6 Å². The lowest BCUT2D eigenvalue weighted by molar-refractivity contribution is 0.0597. The molecule has 0 bridgehead atoms. The van der Waals surface area contributed by atoms with Gasteiger partial charge < -0.3 is 14.2 Å². The summed E-state index contributed by atoms with van der Waals surface area (Å²) in [7, 11) is 2.55. The van der Waals surface area contributed by atoms with Crippen LogP contribution in [0, 0.1) is 0 Å². The number of ether oxygens (including phenoxy) is 3. The third kappa shape index (κ3) is 4.23. The van der Waals surface area contributed by atoms with Crippen LogP contribution in [0.4, 0.5) is 0 Å². The molecular weight excluding hydrogens is 320 g/mol. The van der Waals surface area contributed by atoms with Gasteiger partial charge in [0.15, 0.2) is 0 Å². The molecule has 5 nitrogen and oxygen atoms in total. The largest absolute Gasteiger partial charge is 0.489 e. The van der Waals surface area contributed by atoms with Crippen molar-refractivity contribution in [2.75, 3.05) is 14.2 Å². The Morgan fingerprint density at radius 3 is 2.39 bits per heavy atom. The van der Waals surface area contributed by atoms with E-state index in [4.69, 9.17) is 21.1 Å². The van der Waals surface area contributed by atoms with Crippen LogP contribution in [0.2, 0.25) is 5.02 Å². The van der Waals surface area contributed by atoms with Gasteiger partial charge >= 0.3 is 11.9 Å². The maximum absolute atomic E-state index is 11.9. The van der Waals surface area contributed by atoms with Gasteiger partial charge in [-0.1, -0.05) is 23.7 Å². The SMILES string of the molecule is COC(=O)c1ccc(COc2cccc(Cl)c2)c(C(=O)OC)c1. The van der Waals surface area contributed by atoms with Gasteiger partial charge in [0, 0.05) is 10.6 Å². The van der Waals surface area contributed by atoms with E-state index < -0.39 is 11.9 Å². The van der Waals surface area contributed by atoms with Crippen molar-refractivity contribution < 1.29 is 23.8 Å². The molecule has 2 aromatic rings. The average molecular weight is 335 g/mol. The molecule has 6 heteroatoms. The summed E-state index contributed by atoms with van der Waals surface area (Å²) in [6, 6.07) is 11.5. The van der Waals surface area contributed by atoms with E-state index in [0.717, 1.165) is 0 Å². The van der Waals surface area contributed by atoms with Crippen molar-refractivity contribution >= 4 is 23.5 Å². The van der Waals surface area contributed by atoms with Crippen molar-refractivity contribution in [1.82, 2.24) is 0 Å². The highest BCUT2D eigenvalue weighted by Crippen LogP contribution is 2.20. The Morgan fingerprint density at radius 1 is 1.00 bits per heavy atom. The van der Waals surface area contributed by atoms with E-state index >= 15 is 0 Å². The molecular formula is C17H15ClO5. The van der Waals surface area contributed by atoms with Crippen LogP contribution < -0.4 is 4.74 Å². The molecule has 0 unspecified atom stereocenters. The molecule has 0 saturated carbocycles. The van der Waals surface area contributed by atoms with Gasteiger partial charge in [-0.05, 0) is 30.3 Å². The summed E-state index contributed by atoms with van der Waals surface area (Å²) in [5.74, 6) is -0.511. The van der Waals surface area contributed by atoms with E-state index in [-0.39, 0.29) is 17.7 Å². The molecule has 0 fully saturated rings. The molecule has 23 heavy (non-hydrogen) atoms. The fourth-order valence-corrected chi connectivity index (χ4v) is 2.15. The molecule has 0 aliphatic carbocycles. The molecule has 0 amide bonds. The number of hydrogen-bond acceptors (Lipinski definition) is 5. The highest BCUT2D eigenvalue weighted by Gasteiger charge is 2.16. The fraction of sp³-hybridized carbons (Fsp3) is 0.176. The molecule has 0 aromatic heterocycles. The summed E-state index contributed by atoms with van der Waals surface area (Å²) < 4.78 is 15.0. The van der Waals surface area contributed by atoms with Crippen molar-refractivity contribution in [3.8, 4) is 5.75 Å². The zero-order valence-corrected chi connectivity index (χ0v) is 13.4. The minimum atomic E-state index is -0.555. The van der Waals surface area contributed by atoms with E-state index in [1.165, 1.54) is 20.3 Å². The van der Waals surface area contributed by atoms with Crippen molar-refractivity contribution in [2.24, 2.45) is 0 Å². The van der Waals surface area contributed by atoms with Crippen LogP contribution in [0.15, 0.2) is 42.5 Å². The molecule has 120 valence electrons. The smallest absolute Gasteiger partial charge is 0.338 e. The quantitative estimate of drug-likeness (QED) is 0.783. The van der Waals surface area contributed by atoms with Gasteiger partial charge in [-0.15, -0.1) is 0 Å². The Labute approximate surface area is 138 Å². The molecule has 0 aliphatic heterocycles. The predicted molar refractivity (Wildman–Crippen MR) is 84.9 cm³/mol. The van der Waals surface area contributed by atoms with Gasteiger partial charge in [0.25, 0.3) is 0 Å². The molecule has 0 atom stereocenters. The summed E-state index contributed by atoms with van der Waals surface area (Å²) >= 11 is 5.90. The Bertz CT molecular complexity index is 727. The lowest BCUT2D eigenvalue weighted by Crippen LogP contribution is -2.11. The average Bonchev–Trinajstić information content (AvgIpc) is 2.58. The highest BCUT2D eigenvalue weighted by atomic mass is 35.5. The maximum Gasteiger partial charge on any atom is 0.338 e. The van der Waals surface area contributed by atoms with Crippen LogP contribution in [0.25, 0.3) is 0 Å². The van der Waals surface area contributed by atoms with Crippen molar-refractivity contribution in [2.45, 2.75) is 6.61 Å². The monoisotopic (exact) mass is 334 g/mol. The first-order valence-electron chi connectivity index (χ1n) is 6.73. The number of methoxy groups -OCH3 is 2. The second kappa shape index (κ2) is 7.65. The summed E-state index contributed by atoms with van der Waals surface area (Å²) in [4.78, 5) is 23.5. The van der Waals surface area contributed by atoms with E-state index in [1.54, 1.807) is 36.4 Å². The molecule has 0 spiro atoms. The number of benzene rings is 2. The van der Waals surface area contributed by atoms with Crippen molar-refractivity contribution in [3.05, 3.63) is 64.2 Å². The molecule has 0 saturated heterocycles. The van der Waals surface area contributed by atoms with Crippen molar-refractivity contribution in [1.29, 1.82) is 0 Å². The standard InChI is InChI=1S/C17H15ClO5/c1-21-16(19)11-6-7-12(15(8-11)17(20)22-2)10-23-14-5-3-4-13(18)9-14/h3-9H,10H2,1-2H3. The molecule has 0 N–H and O–H groups in total. The van der Waals surface area contributed by atoms with E-state index in [0.29, 0.717) is 16.3 Å². The minimum Gasteiger partial charge on any atom is -0.489 e. The first kappa shape index (κ1) is 16.8. The summed E-state index contributed by atoms with van der Waals surface area (Å²) in [5, 5.41) is 0.553. The third-order valence-electron chi connectivity index (χ3n) is 3.13. The van der Waals surface area contributed by atoms with E-state index in [2.05, 4.69) is 4.74 Å². The van der Waals surface area contributed by atoms with Crippen LogP contribution in [-0.4, -0.2) is 26.2 Å². The minimum absolute atomic E-state index is 0.131. The maximum atomic E-state index is 11.9. The number of halogens is 1. The molecule has 2 aromatic carbocycles. The second-order valence-electron chi connectivity index (χ2n) is 4.60.